The van der Waals surface area contributed by atoms with Gasteiger partial charge in [-0.3, -0.25) is 0 Å². The Morgan fingerprint density at radius 1 is 1.42 bits per heavy atom. The van der Waals surface area contributed by atoms with Crippen LogP contribution >= 0.6 is 0 Å². The molecule has 0 atom stereocenters. The molecule has 0 radical (unpaired) electrons. The second-order valence-corrected chi connectivity index (χ2v) is 2.60. The molecule has 0 unspecified atom stereocenters. The highest BCUT2D eigenvalue weighted by Gasteiger charge is 2.12. The lowest BCUT2D eigenvalue weighted by Gasteiger charge is -2.04. The Morgan fingerprint density at radius 2 is 2.00 bits per heavy atom. The normalized spacial score (nSPS) is 11.1. The van der Waals surface area contributed by atoms with Crippen LogP contribution in [0, 0.1) is 0 Å². The predicted molar refractivity (Wildman–Crippen MR) is 52.5 cm³/mol. The lowest BCUT2D eigenvalue weighted by molar-refractivity contribution is 0.416. The van der Waals surface area contributed by atoms with E-state index >= 15 is 0 Å². The molecule has 0 bridgehead atoms. The van der Waals surface area contributed by atoms with Crippen molar-refractivity contribution in [2.45, 2.75) is 19.8 Å². The molecule has 0 aliphatic heterocycles. The van der Waals surface area contributed by atoms with Gasteiger partial charge in [0.2, 0.25) is 0 Å². The van der Waals surface area contributed by atoms with Gasteiger partial charge in [-0.15, -0.1) is 0 Å². The van der Waals surface area contributed by atoms with Gasteiger partial charge in [-0.1, -0.05) is 30.9 Å². The van der Waals surface area contributed by atoms with Gasteiger partial charge in [-0.25, -0.2) is 0 Å². The maximum atomic E-state index is 8.83. The summed E-state index contributed by atoms with van der Waals surface area (Å²) in [6.07, 6.45) is 4.73. The summed E-state index contributed by atoms with van der Waals surface area (Å²) in [6, 6.07) is 0. The number of hydrogen-bond acceptors (Lipinski definition) is 2. The van der Waals surface area contributed by atoms with Crippen molar-refractivity contribution < 1.29 is 10.0 Å². The molecule has 2 nitrogen and oxygen atoms in total. The Hall–Kier alpha value is -0.795. The minimum absolute atomic E-state index is 0.623. The lowest BCUT2D eigenvalue weighted by Crippen LogP contribution is -2.15. The van der Waals surface area contributed by atoms with Gasteiger partial charge in [0.1, 0.15) is 0 Å². The van der Waals surface area contributed by atoms with E-state index in [0.717, 1.165) is 12.0 Å². The van der Waals surface area contributed by atoms with Crippen LogP contribution in [0.1, 0.15) is 19.8 Å². The summed E-state index contributed by atoms with van der Waals surface area (Å²) >= 11 is 0. The van der Waals surface area contributed by atoms with Crippen LogP contribution < -0.4 is 0 Å². The minimum Gasteiger partial charge on any atom is -0.423 e. The molecular formula is C9H15BO2. The zero-order valence-electron chi connectivity index (χ0n) is 7.45. The van der Waals surface area contributed by atoms with E-state index in [-0.39, 0.29) is 0 Å². The lowest BCUT2D eigenvalue weighted by atomic mass is 9.76. The molecule has 0 heterocycles. The van der Waals surface area contributed by atoms with Crippen LogP contribution in [0.4, 0.5) is 0 Å². The van der Waals surface area contributed by atoms with Crippen LogP contribution in [0.15, 0.2) is 36.4 Å². The highest BCUT2D eigenvalue weighted by molar-refractivity contribution is 6.50. The van der Waals surface area contributed by atoms with Crippen molar-refractivity contribution in [1.29, 1.82) is 0 Å². The Labute approximate surface area is 74.1 Å². The predicted octanol–water partition coefficient (Wildman–Crippen LogP) is 1.47. The van der Waals surface area contributed by atoms with E-state index in [1.54, 1.807) is 19.1 Å². The van der Waals surface area contributed by atoms with Gasteiger partial charge in [0.05, 0.1) is 0 Å². The summed E-state index contributed by atoms with van der Waals surface area (Å²) in [5.41, 5.74) is 1.54. The number of hydrogen-bond donors (Lipinski definition) is 2. The van der Waals surface area contributed by atoms with Crippen molar-refractivity contribution in [1.82, 2.24) is 0 Å². The molecule has 0 fully saturated rings. The molecule has 0 aromatic heterocycles. The Balaban J connectivity index is 3.90. The third-order valence-electron chi connectivity index (χ3n) is 1.73. The van der Waals surface area contributed by atoms with Crippen LogP contribution in [0.3, 0.4) is 0 Å². The first-order valence-electron chi connectivity index (χ1n) is 3.93. The van der Waals surface area contributed by atoms with Crippen LogP contribution in [0.25, 0.3) is 0 Å². The highest BCUT2D eigenvalue weighted by atomic mass is 16.4. The molecule has 0 spiro atoms. The minimum atomic E-state index is -1.34. The van der Waals surface area contributed by atoms with E-state index in [1.165, 1.54) is 0 Å². The van der Waals surface area contributed by atoms with Gasteiger partial charge < -0.3 is 10.0 Å². The van der Waals surface area contributed by atoms with Crippen molar-refractivity contribution in [2.75, 3.05) is 0 Å². The van der Waals surface area contributed by atoms with Gasteiger partial charge in [0.15, 0.2) is 0 Å². The average molecular weight is 166 g/mol. The van der Waals surface area contributed by atoms with Crippen molar-refractivity contribution >= 4 is 7.12 Å². The Kier molecular flexibility index (Phi) is 5.42. The molecule has 0 rings (SSSR count). The summed E-state index contributed by atoms with van der Waals surface area (Å²) in [5, 5.41) is 17.7. The smallest absolute Gasteiger partial charge is 0.423 e. The van der Waals surface area contributed by atoms with E-state index in [1.807, 2.05) is 0 Å². The molecule has 0 aliphatic rings. The molecule has 2 N–H and O–H groups in total. The van der Waals surface area contributed by atoms with Crippen LogP contribution in [-0.2, 0) is 0 Å². The van der Waals surface area contributed by atoms with Gasteiger partial charge in [-0.05, 0) is 25.2 Å². The zero-order chi connectivity index (χ0) is 9.56. The highest BCUT2D eigenvalue weighted by Crippen LogP contribution is 2.11. The van der Waals surface area contributed by atoms with E-state index in [0.29, 0.717) is 11.9 Å². The zero-order valence-corrected chi connectivity index (χ0v) is 7.45. The number of rotatable bonds is 5. The van der Waals surface area contributed by atoms with E-state index < -0.39 is 7.12 Å². The van der Waals surface area contributed by atoms with Gasteiger partial charge in [-0.2, -0.15) is 0 Å². The molecule has 3 heteroatoms. The molecule has 0 aliphatic carbocycles. The maximum Gasteiger partial charge on any atom is 0.483 e. The van der Waals surface area contributed by atoms with Crippen molar-refractivity contribution in [2.24, 2.45) is 0 Å². The molecule has 0 saturated heterocycles. The topological polar surface area (TPSA) is 40.5 Å². The molecule has 0 saturated carbocycles. The van der Waals surface area contributed by atoms with E-state index in [2.05, 4.69) is 13.2 Å². The summed E-state index contributed by atoms with van der Waals surface area (Å²) in [6.45, 7) is 9.08. The Bertz CT molecular complexity index is 195. The first-order chi connectivity index (χ1) is 5.61. The van der Waals surface area contributed by atoms with Crippen molar-refractivity contribution in [3.63, 3.8) is 0 Å². The second kappa shape index (κ2) is 5.80. The summed E-state index contributed by atoms with van der Waals surface area (Å²) in [4.78, 5) is 0. The van der Waals surface area contributed by atoms with Gasteiger partial charge in [0.25, 0.3) is 0 Å². The van der Waals surface area contributed by atoms with Crippen molar-refractivity contribution in [3.05, 3.63) is 36.4 Å². The monoisotopic (exact) mass is 166 g/mol. The summed E-state index contributed by atoms with van der Waals surface area (Å²) in [5.74, 6) is 0. The first-order valence-corrected chi connectivity index (χ1v) is 3.93. The van der Waals surface area contributed by atoms with E-state index in [4.69, 9.17) is 10.0 Å². The average Bonchev–Trinajstić information content (AvgIpc) is 2.04. The molecule has 0 aromatic carbocycles. The summed E-state index contributed by atoms with van der Waals surface area (Å²) in [7, 11) is -1.34. The summed E-state index contributed by atoms with van der Waals surface area (Å²) < 4.78 is 0. The van der Waals surface area contributed by atoms with Gasteiger partial charge in [0, 0.05) is 0 Å². The molecular weight excluding hydrogens is 151 g/mol. The molecule has 0 amide bonds. The van der Waals surface area contributed by atoms with Crippen LogP contribution in [0.5, 0.6) is 0 Å². The van der Waals surface area contributed by atoms with E-state index in [9.17, 15) is 0 Å². The van der Waals surface area contributed by atoms with Crippen LogP contribution in [-0.4, -0.2) is 17.2 Å². The van der Waals surface area contributed by atoms with Crippen LogP contribution in [0.2, 0.25) is 0 Å². The second-order valence-electron chi connectivity index (χ2n) is 2.60. The largest absolute Gasteiger partial charge is 0.483 e. The molecule has 12 heavy (non-hydrogen) atoms. The fourth-order valence-corrected chi connectivity index (χ4v) is 0.829. The quantitative estimate of drug-likeness (QED) is 0.479. The SMILES string of the molecule is C=CC(=C)CC/C(=C\C)B(O)O. The Morgan fingerprint density at radius 3 is 2.33 bits per heavy atom. The first kappa shape index (κ1) is 11.2. The fraction of sp³-hybridized carbons (Fsp3) is 0.333. The third-order valence-corrected chi connectivity index (χ3v) is 1.73. The van der Waals surface area contributed by atoms with Gasteiger partial charge >= 0.3 is 7.12 Å². The van der Waals surface area contributed by atoms with Crippen molar-refractivity contribution in [3.8, 4) is 0 Å². The fourth-order valence-electron chi connectivity index (χ4n) is 0.829. The molecule has 66 valence electrons. The standard InChI is InChI=1S/C9H15BO2/c1-4-8(3)6-7-9(5-2)10(11)12/h4-5,11-12H,1,3,6-7H2,2H3/b9-5+. The third kappa shape index (κ3) is 4.16. The maximum absolute atomic E-state index is 8.83. The molecule has 0 aromatic rings. The number of allylic oxidation sites excluding steroid dienone is 4.